The van der Waals surface area contributed by atoms with Crippen LogP contribution in [0, 0.1) is 0 Å². The number of nitrogens with zero attached hydrogens (tertiary/aromatic N) is 3. The molecule has 1 aliphatic rings. The van der Waals surface area contributed by atoms with Crippen LogP contribution in [0.25, 0.3) is 0 Å². The highest BCUT2D eigenvalue weighted by Crippen LogP contribution is 2.42. The Labute approximate surface area is 94.3 Å². The van der Waals surface area contributed by atoms with Crippen molar-refractivity contribution in [3.8, 4) is 0 Å². The number of anilines is 1. The summed E-state index contributed by atoms with van der Waals surface area (Å²) in [6.07, 6.45) is 2.58. The summed E-state index contributed by atoms with van der Waals surface area (Å²) in [6.45, 7) is 4.42. The minimum Gasteiger partial charge on any atom is -0.380 e. The Bertz CT molecular complexity index is 311. The van der Waals surface area contributed by atoms with E-state index in [1.807, 2.05) is 14.0 Å². The van der Waals surface area contributed by atoms with Gasteiger partial charge in [0.2, 0.25) is 5.13 Å². The van der Waals surface area contributed by atoms with E-state index < -0.39 is 0 Å². The van der Waals surface area contributed by atoms with E-state index >= 15 is 0 Å². The highest BCUT2D eigenvalue weighted by molar-refractivity contribution is 7.15. The predicted molar refractivity (Wildman–Crippen MR) is 61.6 cm³/mol. The second kappa shape index (κ2) is 4.90. The van der Waals surface area contributed by atoms with Crippen molar-refractivity contribution < 1.29 is 4.74 Å². The van der Waals surface area contributed by atoms with Crippen LogP contribution >= 0.6 is 11.3 Å². The molecule has 1 heterocycles. The van der Waals surface area contributed by atoms with Gasteiger partial charge in [-0.2, -0.15) is 0 Å². The van der Waals surface area contributed by atoms with Gasteiger partial charge in [0.1, 0.15) is 5.01 Å². The molecule has 0 unspecified atom stereocenters. The van der Waals surface area contributed by atoms with E-state index in [1.54, 1.807) is 11.3 Å². The first-order valence-electron chi connectivity index (χ1n) is 5.43. The lowest BCUT2D eigenvalue weighted by Gasteiger charge is -2.14. The van der Waals surface area contributed by atoms with Crippen molar-refractivity contribution in [2.75, 3.05) is 31.7 Å². The monoisotopic (exact) mass is 227 g/mol. The van der Waals surface area contributed by atoms with Crippen molar-refractivity contribution >= 4 is 16.5 Å². The van der Waals surface area contributed by atoms with Crippen LogP contribution in [0.15, 0.2) is 0 Å². The average molecular weight is 227 g/mol. The molecule has 1 aromatic rings. The highest BCUT2D eigenvalue weighted by atomic mass is 32.1. The number of hydrogen-bond donors (Lipinski definition) is 0. The summed E-state index contributed by atoms with van der Waals surface area (Å²) in [4.78, 5) is 2.11. The molecule has 0 spiro atoms. The first-order chi connectivity index (χ1) is 7.31. The highest BCUT2D eigenvalue weighted by Gasteiger charge is 2.27. The van der Waals surface area contributed by atoms with E-state index in [2.05, 4.69) is 15.1 Å². The standard InChI is InChI=1S/C10H17N3OS/c1-3-14-7-6-13(2)10-12-11-9(15-10)8-4-5-8/h8H,3-7H2,1-2H3. The van der Waals surface area contributed by atoms with Crippen LogP contribution in [-0.4, -0.2) is 37.0 Å². The quantitative estimate of drug-likeness (QED) is 0.696. The molecule has 0 bridgehead atoms. The van der Waals surface area contributed by atoms with Gasteiger partial charge in [0.25, 0.3) is 0 Å². The van der Waals surface area contributed by atoms with E-state index in [4.69, 9.17) is 4.74 Å². The lowest BCUT2D eigenvalue weighted by atomic mass is 10.5. The van der Waals surface area contributed by atoms with Crippen LogP contribution in [0.3, 0.4) is 0 Å². The van der Waals surface area contributed by atoms with E-state index in [0.717, 1.165) is 24.9 Å². The van der Waals surface area contributed by atoms with Crippen molar-refractivity contribution in [1.82, 2.24) is 10.2 Å². The largest absolute Gasteiger partial charge is 0.380 e. The third kappa shape index (κ3) is 2.89. The smallest absolute Gasteiger partial charge is 0.208 e. The average Bonchev–Trinajstić information content (AvgIpc) is 2.97. The van der Waals surface area contributed by atoms with Crippen LogP contribution < -0.4 is 4.90 Å². The van der Waals surface area contributed by atoms with E-state index in [1.165, 1.54) is 17.8 Å². The van der Waals surface area contributed by atoms with Gasteiger partial charge in [-0.15, -0.1) is 10.2 Å². The molecule has 0 amide bonds. The number of aromatic nitrogens is 2. The molecule has 0 N–H and O–H groups in total. The first-order valence-corrected chi connectivity index (χ1v) is 6.25. The first kappa shape index (κ1) is 10.8. The summed E-state index contributed by atoms with van der Waals surface area (Å²) in [7, 11) is 2.04. The molecule has 0 aliphatic heterocycles. The maximum Gasteiger partial charge on any atom is 0.208 e. The molecular formula is C10H17N3OS. The Morgan fingerprint density at radius 3 is 2.93 bits per heavy atom. The third-order valence-corrected chi connectivity index (χ3v) is 3.66. The molecule has 0 aromatic carbocycles. The Hall–Kier alpha value is -0.680. The third-order valence-electron chi connectivity index (χ3n) is 2.46. The maximum absolute atomic E-state index is 5.31. The van der Waals surface area contributed by atoms with Crippen LogP contribution in [0.2, 0.25) is 0 Å². The molecule has 15 heavy (non-hydrogen) atoms. The molecule has 1 fully saturated rings. The molecular weight excluding hydrogens is 210 g/mol. The Morgan fingerprint density at radius 2 is 2.27 bits per heavy atom. The Morgan fingerprint density at radius 1 is 1.47 bits per heavy atom. The molecule has 1 saturated carbocycles. The minimum atomic E-state index is 0.705. The summed E-state index contributed by atoms with van der Waals surface area (Å²) in [5.74, 6) is 0.705. The van der Waals surface area contributed by atoms with Gasteiger partial charge in [-0.1, -0.05) is 11.3 Å². The minimum absolute atomic E-state index is 0.705. The van der Waals surface area contributed by atoms with Crippen LogP contribution in [0.5, 0.6) is 0 Å². The molecule has 4 nitrogen and oxygen atoms in total. The molecule has 0 saturated heterocycles. The fraction of sp³-hybridized carbons (Fsp3) is 0.800. The molecule has 0 atom stereocenters. The molecule has 1 aliphatic carbocycles. The van der Waals surface area contributed by atoms with Crippen molar-refractivity contribution in [2.24, 2.45) is 0 Å². The zero-order valence-electron chi connectivity index (χ0n) is 9.27. The predicted octanol–water partition coefficient (Wildman–Crippen LogP) is 1.89. The molecule has 0 radical (unpaired) electrons. The zero-order valence-corrected chi connectivity index (χ0v) is 10.1. The normalized spacial score (nSPS) is 15.6. The Balaban J connectivity index is 1.84. The van der Waals surface area contributed by atoms with Crippen molar-refractivity contribution in [2.45, 2.75) is 25.7 Å². The van der Waals surface area contributed by atoms with Crippen LogP contribution in [-0.2, 0) is 4.74 Å². The molecule has 2 rings (SSSR count). The molecule has 84 valence electrons. The number of ether oxygens (including phenoxy) is 1. The van der Waals surface area contributed by atoms with E-state index in [-0.39, 0.29) is 0 Å². The van der Waals surface area contributed by atoms with Gasteiger partial charge in [-0.05, 0) is 19.8 Å². The van der Waals surface area contributed by atoms with Gasteiger partial charge < -0.3 is 9.64 Å². The number of rotatable bonds is 6. The van der Waals surface area contributed by atoms with E-state index in [0.29, 0.717) is 5.92 Å². The van der Waals surface area contributed by atoms with Gasteiger partial charge >= 0.3 is 0 Å². The van der Waals surface area contributed by atoms with Gasteiger partial charge in [-0.25, -0.2) is 0 Å². The fourth-order valence-electron chi connectivity index (χ4n) is 1.32. The van der Waals surface area contributed by atoms with Crippen molar-refractivity contribution in [1.29, 1.82) is 0 Å². The SMILES string of the molecule is CCOCCN(C)c1nnc(C2CC2)s1. The summed E-state index contributed by atoms with van der Waals surface area (Å²) >= 11 is 1.72. The van der Waals surface area contributed by atoms with Crippen molar-refractivity contribution in [3.63, 3.8) is 0 Å². The summed E-state index contributed by atoms with van der Waals surface area (Å²) in [5.41, 5.74) is 0. The molecule has 5 heteroatoms. The summed E-state index contributed by atoms with van der Waals surface area (Å²) < 4.78 is 5.31. The second-order valence-corrected chi connectivity index (χ2v) is 4.80. The van der Waals surface area contributed by atoms with Gasteiger partial charge in [0, 0.05) is 26.1 Å². The zero-order chi connectivity index (χ0) is 10.7. The van der Waals surface area contributed by atoms with Gasteiger partial charge in [-0.3, -0.25) is 0 Å². The summed E-state index contributed by atoms with van der Waals surface area (Å²) in [5, 5.41) is 10.6. The second-order valence-electron chi connectivity index (χ2n) is 3.82. The topological polar surface area (TPSA) is 38.2 Å². The summed E-state index contributed by atoms with van der Waals surface area (Å²) in [6, 6.07) is 0. The fourth-order valence-corrected chi connectivity index (χ4v) is 2.32. The number of likely N-dealkylation sites (N-methyl/N-ethyl adjacent to an activating group) is 1. The lowest BCUT2D eigenvalue weighted by Crippen LogP contribution is -2.22. The van der Waals surface area contributed by atoms with Gasteiger partial charge in [0.15, 0.2) is 0 Å². The Kier molecular flexibility index (Phi) is 3.53. The number of hydrogen-bond acceptors (Lipinski definition) is 5. The van der Waals surface area contributed by atoms with Crippen LogP contribution in [0.1, 0.15) is 30.7 Å². The van der Waals surface area contributed by atoms with E-state index in [9.17, 15) is 0 Å². The van der Waals surface area contributed by atoms with Crippen LogP contribution in [0.4, 0.5) is 5.13 Å². The van der Waals surface area contributed by atoms with Crippen molar-refractivity contribution in [3.05, 3.63) is 5.01 Å². The maximum atomic E-state index is 5.31. The molecule has 1 aromatic heterocycles. The van der Waals surface area contributed by atoms with Gasteiger partial charge in [0.05, 0.1) is 6.61 Å². The lowest BCUT2D eigenvalue weighted by molar-refractivity contribution is 0.154.